The van der Waals surface area contributed by atoms with E-state index >= 15 is 0 Å². The SMILES string of the molecule is C=C(C)C(=O)OCCOc1ccc(C(=O)O)cc1.N#Cc1ccc(-c2ccccc2)cc1. The minimum atomic E-state index is -0.989. The van der Waals surface area contributed by atoms with Gasteiger partial charge in [-0.05, 0) is 54.4 Å². The van der Waals surface area contributed by atoms with Crippen LogP contribution in [-0.2, 0) is 9.53 Å². The second-order valence-electron chi connectivity index (χ2n) is 6.65. The van der Waals surface area contributed by atoms with Gasteiger partial charge in [-0.15, -0.1) is 0 Å². The van der Waals surface area contributed by atoms with Gasteiger partial charge in [0.25, 0.3) is 0 Å². The standard InChI is InChI=1S/C13H9N.C13H14O5/c14-10-11-6-8-13(9-7-11)12-4-2-1-3-5-12;1-9(2)13(16)18-8-7-17-11-5-3-10(4-6-11)12(14)15/h1-9H;3-6H,1,7-8H2,2H3,(H,14,15). The highest BCUT2D eigenvalue weighted by Crippen LogP contribution is 2.18. The van der Waals surface area contributed by atoms with Crippen LogP contribution in [0.5, 0.6) is 5.75 Å². The van der Waals surface area contributed by atoms with Crippen LogP contribution in [0.1, 0.15) is 22.8 Å². The number of nitrogens with zero attached hydrogens (tertiary/aromatic N) is 1. The van der Waals surface area contributed by atoms with Crippen LogP contribution in [0.4, 0.5) is 0 Å². The van der Waals surface area contributed by atoms with Gasteiger partial charge in [0.15, 0.2) is 0 Å². The molecule has 0 aliphatic carbocycles. The van der Waals surface area contributed by atoms with Crippen molar-refractivity contribution in [3.63, 3.8) is 0 Å². The first-order valence-corrected chi connectivity index (χ1v) is 9.75. The van der Waals surface area contributed by atoms with Crippen LogP contribution in [-0.4, -0.2) is 30.3 Å². The summed E-state index contributed by atoms with van der Waals surface area (Å²) in [6, 6.07) is 25.8. The van der Waals surface area contributed by atoms with Gasteiger partial charge >= 0.3 is 11.9 Å². The van der Waals surface area contributed by atoms with E-state index in [-0.39, 0.29) is 18.8 Å². The van der Waals surface area contributed by atoms with Crippen LogP contribution >= 0.6 is 0 Å². The molecule has 0 spiro atoms. The topological polar surface area (TPSA) is 96.6 Å². The number of esters is 1. The van der Waals surface area contributed by atoms with Gasteiger partial charge in [0.05, 0.1) is 17.2 Å². The normalized spacial score (nSPS) is 9.50. The van der Waals surface area contributed by atoms with Gasteiger partial charge in [-0.1, -0.05) is 49.0 Å². The van der Waals surface area contributed by atoms with E-state index < -0.39 is 11.9 Å². The van der Waals surface area contributed by atoms with Gasteiger partial charge in [-0.3, -0.25) is 0 Å². The van der Waals surface area contributed by atoms with Gasteiger partial charge in [-0.25, -0.2) is 9.59 Å². The molecule has 0 atom stereocenters. The second-order valence-corrected chi connectivity index (χ2v) is 6.65. The third-order valence-electron chi connectivity index (χ3n) is 4.16. The molecular formula is C26H23NO5. The lowest BCUT2D eigenvalue weighted by atomic mass is 10.0. The van der Waals surface area contributed by atoms with E-state index in [4.69, 9.17) is 19.8 Å². The number of carbonyl (C=O) groups excluding carboxylic acids is 1. The summed E-state index contributed by atoms with van der Waals surface area (Å²) in [6.45, 7) is 5.33. The predicted molar refractivity (Wildman–Crippen MR) is 121 cm³/mol. The van der Waals surface area contributed by atoms with Crippen LogP contribution in [0.2, 0.25) is 0 Å². The number of aromatic carboxylic acids is 1. The van der Waals surface area contributed by atoms with Crippen molar-refractivity contribution < 1.29 is 24.2 Å². The molecule has 6 heteroatoms. The van der Waals surface area contributed by atoms with Crippen molar-refractivity contribution in [2.75, 3.05) is 13.2 Å². The maximum atomic E-state index is 11.0. The zero-order chi connectivity index (χ0) is 23.3. The van der Waals surface area contributed by atoms with Crippen LogP contribution in [0.15, 0.2) is 91.0 Å². The number of carboxylic acids is 1. The molecule has 0 saturated carbocycles. The second kappa shape index (κ2) is 12.4. The van der Waals surface area contributed by atoms with Crippen molar-refractivity contribution in [1.82, 2.24) is 0 Å². The zero-order valence-electron chi connectivity index (χ0n) is 17.7. The van der Waals surface area contributed by atoms with E-state index in [1.54, 1.807) is 19.1 Å². The van der Waals surface area contributed by atoms with E-state index in [1.165, 1.54) is 17.7 Å². The van der Waals surface area contributed by atoms with E-state index in [0.29, 0.717) is 16.9 Å². The zero-order valence-corrected chi connectivity index (χ0v) is 17.7. The third-order valence-corrected chi connectivity index (χ3v) is 4.16. The fourth-order valence-corrected chi connectivity index (χ4v) is 2.48. The summed E-state index contributed by atoms with van der Waals surface area (Å²) in [7, 11) is 0. The third kappa shape index (κ3) is 7.81. The number of carbonyl (C=O) groups is 2. The monoisotopic (exact) mass is 429 g/mol. The molecule has 0 radical (unpaired) electrons. The summed E-state index contributed by atoms with van der Waals surface area (Å²) in [5, 5.41) is 17.3. The Bertz CT molecular complexity index is 1080. The fraction of sp³-hybridized carbons (Fsp3) is 0.115. The summed E-state index contributed by atoms with van der Waals surface area (Å²) < 4.78 is 10.1. The quantitative estimate of drug-likeness (QED) is 0.319. The maximum Gasteiger partial charge on any atom is 0.335 e. The summed E-state index contributed by atoms with van der Waals surface area (Å²) >= 11 is 0. The van der Waals surface area contributed by atoms with Crippen LogP contribution in [0.25, 0.3) is 11.1 Å². The molecule has 0 heterocycles. The first kappa shape index (κ1) is 23.9. The molecule has 3 aromatic carbocycles. The molecule has 0 aliphatic rings. The number of benzene rings is 3. The van der Waals surface area contributed by atoms with Gasteiger partial charge in [-0.2, -0.15) is 5.26 Å². The Kier molecular flexibility index (Phi) is 9.23. The summed E-state index contributed by atoms with van der Waals surface area (Å²) in [5.74, 6) is -0.928. The summed E-state index contributed by atoms with van der Waals surface area (Å²) in [4.78, 5) is 21.6. The summed E-state index contributed by atoms with van der Waals surface area (Å²) in [6.07, 6.45) is 0. The molecule has 6 nitrogen and oxygen atoms in total. The number of rotatable bonds is 7. The van der Waals surface area contributed by atoms with E-state index in [1.807, 2.05) is 42.5 Å². The molecule has 3 rings (SSSR count). The van der Waals surface area contributed by atoms with Crippen LogP contribution in [0, 0.1) is 11.3 Å². The molecule has 1 N–H and O–H groups in total. The first-order valence-electron chi connectivity index (χ1n) is 9.75. The molecule has 162 valence electrons. The van der Waals surface area contributed by atoms with Crippen molar-refractivity contribution in [1.29, 1.82) is 5.26 Å². The highest BCUT2D eigenvalue weighted by atomic mass is 16.6. The number of carboxylic acid groups (broad SMARTS) is 1. The Morgan fingerprint density at radius 2 is 1.50 bits per heavy atom. The molecule has 0 fully saturated rings. The molecule has 0 amide bonds. The fourth-order valence-electron chi connectivity index (χ4n) is 2.48. The highest BCUT2D eigenvalue weighted by Gasteiger charge is 2.04. The van der Waals surface area contributed by atoms with Crippen molar-refractivity contribution in [2.24, 2.45) is 0 Å². The van der Waals surface area contributed by atoms with Crippen molar-refractivity contribution >= 4 is 11.9 Å². The Balaban J connectivity index is 0.000000233. The van der Waals surface area contributed by atoms with E-state index in [9.17, 15) is 9.59 Å². The minimum absolute atomic E-state index is 0.117. The molecule has 0 unspecified atom stereocenters. The van der Waals surface area contributed by atoms with Crippen molar-refractivity contribution in [3.05, 3.63) is 102 Å². The maximum absolute atomic E-state index is 11.0. The number of hydrogen-bond donors (Lipinski definition) is 1. The van der Waals surface area contributed by atoms with Crippen LogP contribution < -0.4 is 4.74 Å². The van der Waals surface area contributed by atoms with Crippen LogP contribution in [0.3, 0.4) is 0 Å². The number of ether oxygens (including phenoxy) is 2. The molecule has 0 saturated heterocycles. The average Bonchev–Trinajstić information content (AvgIpc) is 2.83. The van der Waals surface area contributed by atoms with Crippen molar-refractivity contribution in [3.8, 4) is 22.9 Å². The Labute approximate surface area is 187 Å². The first-order chi connectivity index (χ1) is 15.4. The lowest BCUT2D eigenvalue weighted by Gasteiger charge is -2.07. The highest BCUT2D eigenvalue weighted by molar-refractivity contribution is 5.87. The molecule has 3 aromatic rings. The Morgan fingerprint density at radius 1 is 0.906 bits per heavy atom. The van der Waals surface area contributed by atoms with Crippen molar-refractivity contribution in [2.45, 2.75) is 6.92 Å². The molecular weight excluding hydrogens is 406 g/mol. The predicted octanol–water partition coefficient (Wildman–Crippen LogP) is 5.11. The number of hydrogen-bond acceptors (Lipinski definition) is 5. The van der Waals surface area contributed by atoms with E-state index in [0.717, 1.165) is 5.56 Å². The van der Waals surface area contributed by atoms with Gasteiger partial charge in [0.2, 0.25) is 0 Å². The van der Waals surface area contributed by atoms with Gasteiger partial charge < -0.3 is 14.6 Å². The minimum Gasteiger partial charge on any atom is -0.490 e. The lowest BCUT2D eigenvalue weighted by Crippen LogP contribution is -2.12. The van der Waals surface area contributed by atoms with E-state index in [2.05, 4.69) is 24.8 Å². The summed E-state index contributed by atoms with van der Waals surface area (Å²) in [5.41, 5.74) is 3.54. The molecule has 0 aromatic heterocycles. The van der Waals surface area contributed by atoms with Gasteiger partial charge in [0, 0.05) is 5.57 Å². The smallest absolute Gasteiger partial charge is 0.335 e. The Morgan fingerprint density at radius 3 is 2.03 bits per heavy atom. The molecule has 0 aliphatic heterocycles. The Hall–Kier alpha value is -4.37. The largest absolute Gasteiger partial charge is 0.490 e. The lowest BCUT2D eigenvalue weighted by molar-refractivity contribution is -0.139. The average molecular weight is 429 g/mol. The number of nitriles is 1. The molecule has 32 heavy (non-hydrogen) atoms. The van der Waals surface area contributed by atoms with Gasteiger partial charge in [0.1, 0.15) is 19.0 Å². The molecule has 0 bridgehead atoms.